The van der Waals surface area contributed by atoms with E-state index in [0.29, 0.717) is 18.2 Å². The van der Waals surface area contributed by atoms with Crippen LogP contribution in [0.2, 0.25) is 0 Å². The van der Waals surface area contributed by atoms with Crippen LogP contribution in [0.3, 0.4) is 0 Å². The lowest BCUT2D eigenvalue weighted by Gasteiger charge is -2.04. The van der Waals surface area contributed by atoms with Crippen molar-refractivity contribution in [1.29, 1.82) is 5.26 Å². The van der Waals surface area contributed by atoms with E-state index < -0.39 is 0 Å². The Balaban J connectivity index is 1.93. The number of anilines is 1. The maximum atomic E-state index is 8.54. The van der Waals surface area contributed by atoms with Gasteiger partial charge in [0.05, 0.1) is 17.4 Å². The molecule has 1 aromatic heterocycles. The number of thiazole rings is 1. The van der Waals surface area contributed by atoms with Crippen molar-refractivity contribution in [2.45, 2.75) is 13.0 Å². The van der Waals surface area contributed by atoms with E-state index in [1.807, 2.05) is 24.3 Å². The van der Waals surface area contributed by atoms with Crippen LogP contribution < -0.4 is 10.5 Å². The van der Waals surface area contributed by atoms with Crippen molar-refractivity contribution in [3.8, 4) is 11.8 Å². The van der Waals surface area contributed by atoms with Gasteiger partial charge in [-0.15, -0.1) is 0 Å². The third-order valence-corrected chi connectivity index (χ3v) is 2.96. The van der Waals surface area contributed by atoms with Crippen molar-refractivity contribution < 1.29 is 4.74 Å². The van der Waals surface area contributed by atoms with E-state index in [2.05, 4.69) is 11.1 Å². The molecule has 0 radical (unpaired) electrons. The van der Waals surface area contributed by atoms with Crippen LogP contribution >= 0.6 is 11.3 Å². The highest BCUT2D eigenvalue weighted by Gasteiger charge is 2.00. The summed E-state index contributed by atoms with van der Waals surface area (Å²) >= 11 is 1.42. The Morgan fingerprint density at radius 1 is 1.35 bits per heavy atom. The molecule has 17 heavy (non-hydrogen) atoms. The van der Waals surface area contributed by atoms with Gasteiger partial charge >= 0.3 is 0 Å². The van der Waals surface area contributed by atoms with Crippen molar-refractivity contribution >= 4 is 16.5 Å². The second-order valence-electron chi connectivity index (χ2n) is 3.43. The summed E-state index contributed by atoms with van der Waals surface area (Å²) in [7, 11) is 0. The molecule has 1 aromatic carbocycles. The van der Waals surface area contributed by atoms with Crippen LogP contribution in [0, 0.1) is 11.3 Å². The zero-order chi connectivity index (χ0) is 12.1. The quantitative estimate of drug-likeness (QED) is 0.897. The molecule has 0 amide bonds. The predicted molar refractivity (Wildman–Crippen MR) is 66.6 cm³/mol. The number of aromatic nitrogens is 1. The molecule has 0 bridgehead atoms. The molecule has 1 heterocycles. The minimum atomic E-state index is 0.422. The second kappa shape index (κ2) is 5.32. The first-order valence-corrected chi connectivity index (χ1v) is 5.88. The molecule has 0 atom stereocenters. The molecule has 0 spiro atoms. The molecule has 2 N–H and O–H groups in total. The molecule has 0 saturated heterocycles. The Kier molecular flexibility index (Phi) is 3.58. The van der Waals surface area contributed by atoms with Crippen molar-refractivity contribution in [3.63, 3.8) is 0 Å². The normalized spacial score (nSPS) is 9.82. The first-order valence-electron chi connectivity index (χ1n) is 5.07. The summed E-state index contributed by atoms with van der Waals surface area (Å²) in [6, 6.07) is 9.60. The van der Waals surface area contributed by atoms with Crippen LogP contribution in [0.5, 0.6) is 5.75 Å². The number of nitrogens with two attached hydrogens (primary N) is 1. The van der Waals surface area contributed by atoms with Crippen molar-refractivity contribution in [2.75, 3.05) is 5.73 Å². The third kappa shape index (κ3) is 3.20. The van der Waals surface area contributed by atoms with Gasteiger partial charge in [0.1, 0.15) is 12.4 Å². The van der Waals surface area contributed by atoms with E-state index in [4.69, 9.17) is 15.7 Å². The van der Waals surface area contributed by atoms with E-state index in [0.717, 1.165) is 16.2 Å². The Morgan fingerprint density at radius 3 is 2.71 bits per heavy atom. The van der Waals surface area contributed by atoms with Crippen molar-refractivity contribution in [3.05, 3.63) is 40.9 Å². The number of benzene rings is 1. The van der Waals surface area contributed by atoms with Gasteiger partial charge in [0.25, 0.3) is 0 Å². The zero-order valence-electron chi connectivity index (χ0n) is 9.09. The number of hydrogen-bond acceptors (Lipinski definition) is 5. The number of nitrogen functional groups attached to an aromatic ring is 1. The molecule has 0 fully saturated rings. The Hall–Kier alpha value is -2.06. The van der Waals surface area contributed by atoms with Crippen LogP contribution in [-0.2, 0) is 13.0 Å². The lowest BCUT2D eigenvalue weighted by molar-refractivity contribution is 0.309. The zero-order valence-corrected chi connectivity index (χ0v) is 9.91. The van der Waals surface area contributed by atoms with Crippen LogP contribution in [0.4, 0.5) is 5.13 Å². The first-order chi connectivity index (χ1) is 8.28. The van der Waals surface area contributed by atoms with E-state index in [-0.39, 0.29) is 0 Å². The minimum absolute atomic E-state index is 0.422. The number of nitriles is 1. The molecule has 86 valence electrons. The fourth-order valence-corrected chi connectivity index (χ4v) is 1.94. The Morgan fingerprint density at radius 2 is 2.12 bits per heavy atom. The third-order valence-electron chi connectivity index (χ3n) is 2.16. The smallest absolute Gasteiger partial charge is 0.180 e. The van der Waals surface area contributed by atoms with E-state index in [9.17, 15) is 0 Å². The highest BCUT2D eigenvalue weighted by molar-refractivity contribution is 7.15. The lowest BCUT2D eigenvalue weighted by Crippen LogP contribution is -1.93. The van der Waals surface area contributed by atoms with Crippen LogP contribution in [-0.4, -0.2) is 4.98 Å². The van der Waals surface area contributed by atoms with Crippen molar-refractivity contribution in [1.82, 2.24) is 4.98 Å². The second-order valence-corrected chi connectivity index (χ2v) is 4.58. The molecular formula is C12H11N3OS. The summed E-state index contributed by atoms with van der Waals surface area (Å²) in [6.45, 7) is 0.465. The summed E-state index contributed by atoms with van der Waals surface area (Å²) in [5, 5.41) is 9.09. The summed E-state index contributed by atoms with van der Waals surface area (Å²) < 4.78 is 5.57. The molecule has 2 aromatic rings. The predicted octanol–water partition coefficient (Wildman–Crippen LogP) is 2.37. The molecule has 0 saturated carbocycles. The number of hydrogen-bond donors (Lipinski definition) is 1. The molecular weight excluding hydrogens is 234 g/mol. The average Bonchev–Trinajstić information content (AvgIpc) is 2.75. The number of nitrogens with zero attached hydrogens (tertiary/aromatic N) is 2. The van der Waals surface area contributed by atoms with Gasteiger partial charge in [-0.1, -0.05) is 23.5 Å². The van der Waals surface area contributed by atoms with Crippen LogP contribution in [0.25, 0.3) is 0 Å². The maximum absolute atomic E-state index is 8.54. The molecule has 5 heteroatoms. The van der Waals surface area contributed by atoms with Gasteiger partial charge < -0.3 is 10.5 Å². The van der Waals surface area contributed by atoms with Gasteiger partial charge in [-0.05, 0) is 17.7 Å². The molecule has 4 nitrogen and oxygen atoms in total. The Labute approximate surface area is 103 Å². The SMILES string of the molecule is N#CCc1ccc(OCc2cnc(N)s2)cc1. The highest BCUT2D eigenvalue weighted by atomic mass is 32.1. The highest BCUT2D eigenvalue weighted by Crippen LogP contribution is 2.18. The fourth-order valence-electron chi connectivity index (χ4n) is 1.34. The molecule has 0 aliphatic rings. The van der Waals surface area contributed by atoms with Gasteiger partial charge in [-0.3, -0.25) is 0 Å². The topological polar surface area (TPSA) is 71.9 Å². The maximum Gasteiger partial charge on any atom is 0.180 e. The van der Waals surface area contributed by atoms with E-state index in [1.165, 1.54) is 11.3 Å². The van der Waals surface area contributed by atoms with Gasteiger partial charge in [0, 0.05) is 6.20 Å². The monoisotopic (exact) mass is 245 g/mol. The van der Waals surface area contributed by atoms with Crippen molar-refractivity contribution in [2.24, 2.45) is 0 Å². The number of ether oxygens (including phenoxy) is 1. The van der Waals surface area contributed by atoms with Crippen LogP contribution in [0.15, 0.2) is 30.5 Å². The first kappa shape index (κ1) is 11.4. The fraction of sp³-hybridized carbons (Fsp3) is 0.167. The van der Waals surface area contributed by atoms with Gasteiger partial charge in [0.15, 0.2) is 5.13 Å². The largest absolute Gasteiger partial charge is 0.488 e. The number of rotatable bonds is 4. The van der Waals surface area contributed by atoms with Crippen LogP contribution in [0.1, 0.15) is 10.4 Å². The van der Waals surface area contributed by atoms with Gasteiger partial charge in [0.2, 0.25) is 0 Å². The standard InChI is InChI=1S/C12H11N3OS/c13-6-5-9-1-3-10(4-2-9)16-8-11-7-15-12(14)17-11/h1-4,7H,5,8H2,(H2,14,15). The average molecular weight is 245 g/mol. The van der Waals surface area contributed by atoms with Gasteiger partial charge in [-0.25, -0.2) is 4.98 Å². The summed E-state index contributed by atoms with van der Waals surface area (Å²) in [4.78, 5) is 4.94. The lowest BCUT2D eigenvalue weighted by atomic mass is 10.2. The molecule has 2 rings (SSSR count). The summed E-state index contributed by atoms with van der Waals surface area (Å²) in [5.41, 5.74) is 6.51. The summed E-state index contributed by atoms with van der Waals surface area (Å²) in [6.07, 6.45) is 2.13. The molecule has 0 aliphatic heterocycles. The molecule has 0 aliphatic carbocycles. The van der Waals surface area contributed by atoms with Gasteiger partial charge in [-0.2, -0.15) is 5.26 Å². The minimum Gasteiger partial charge on any atom is -0.488 e. The van der Waals surface area contributed by atoms with E-state index in [1.54, 1.807) is 6.20 Å². The summed E-state index contributed by atoms with van der Waals surface area (Å²) in [5.74, 6) is 0.777. The molecule has 0 unspecified atom stereocenters. The van der Waals surface area contributed by atoms with E-state index >= 15 is 0 Å². The Bertz CT molecular complexity index is 527.